The summed E-state index contributed by atoms with van der Waals surface area (Å²) in [5.41, 5.74) is 2.35. The molecule has 2 aromatic rings. The van der Waals surface area contributed by atoms with Crippen molar-refractivity contribution in [2.75, 3.05) is 17.1 Å². The number of carbonyl (C=O) groups excluding carboxylic acids is 1. The van der Waals surface area contributed by atoms with Gasteiger partial charge in [0.1, 0.15) is 5.75 Å². The van der Waals surface area contributed by atoms with Crippen LogP contribution in [0, 0.1) is 6.92 Å². The first-order chi connectivity index (χ1) is 12.3. The predicted molar refractivity (Wildman–Crippen MR) is 101 cm³/mol. The van der Waals surface area contributed by atoms with Gasteiger partial charge in [-0.3, -0.25) is 9.10 Å². The maximum Gasteiger partial charge on any atom is 0.263 e. The van der Waals surface area contributed by atoms with Crippen molar-refractivity contribution >= 4 is 21.6 Å². The number of aryl methyl sites for hydroxylation is 1. The third-order valence-electron chi connectivity index (χ3n) is 4.34. The molecule has 0 saturated heterocycles. The first-order valence-electron chi connectivity index (χ1n) is 8.36. The summed E-state index contributed by atoms with van der Waals surface area (Å²) in [5.74, 6) is 0.0426. The van der Waals surface area contributed by atoms with Crippen molar-refractivity contribution in [3.8, 4) is 5.75 Å². The topological polar surface area (TPSA) is 75.7 Å². The summed E-state index contributed by atoms with van der Waals surface area (Å²) < 4.78 is 31.4. The Bertz CT molecular complexity index is 912. The molecule has 2 aromatic carbocycles. The lowest BCUT2D eigenvalue weighted by atomic mass is 10.1. The molecule has 1 amide bonds. The van der Waals surface area contributed by atoms with Crippen LogP contribution in [-0.2, 0) is 14.8 Å². The molecule has 2 atom stereocenters. The number of hydrogen-bond acceptors (Lipinski definition) is 4. The minimum absolute atomic E-state index is 0.0529. The smallest absolute Gasteiger partial charge is 0.263 e. The molecular weight excluding hydrogens is 352 g/mol. The highest BCUT2D eigenvalue weighted by Gasteiger charge is 2.35. The summed E-state index contributed by atoms with van der Waals surface area (Å²) in [6, 6.07) is 14.6. The number of sulfonamides is 1. The normalized spacial score (nSPS) is 17.8. The van der Waals surface area contributed by atoms with Crippen molar-refractivity contribution in [1.29, 1.82) is 0 Å². The van der Waals surface area contributed by atoms with Gasteiger partial charge >= 0.3 is 0 Å². The standard InChI is InChI=1S/C19H22N2O4S/c1-13-9-10-17-16(11-13)21(26(3,23)24)12-18(25-17)19(22)20-14(2)15-7-5-4-6-8-15/h4-11,14,18H,12H2,1-3H3,(H,20,22)/t14-,18-/m1/s1. The summed E-state index contributed by atoms with van der Waals surface area (Å²) in [6.45, 7) is 3.70. The molecule has 7 heteroatoms. The van der Waals surface area contributed by atoms with Gasteiger partial charge in [0, 0.05) is 0 Å². The van der Waals surface area contributed by atoms with E-state index in [9.17, 15) is 13.2 Å². The van der Waals surface area contributed by atoms with Crippen LogP contribution in [0.15, 0.2) is 48.5 Å². The van der Waals surface area contributed by atoms with Gasteiger partial charge in [-0.15, -0.1) is 0 Å². The molecule has 0 unspecified atom stereocenters. The monoisotopic (exact) mass is 374 g/mol. The number of nitrogens with one attached hydrogen (secondary N) is 1. The van der Waals surface area contributed by atoms with Gasteiger partial charge in [-0.05, 0) is 37.1 Å². The van der Waals surface area contributed by atoms with E-state index < -0.39 is 16.1 Å². The Morgan fingerprint density at radius 3 is 2.58 bits per heavy atom. The van der Waals surface area contributed by atoms with Gasteiger partial charge in [0.25, 0.3) is 5.91 Å². The quantitative estimate of drug-likeness (QED) is 0.892. The Hall–Kier alpha value is -2.54. The second kappa shape index (κ2) is 6.99. The van der Waals surface area contributed by atoms with Gasteiger partial charge in [0.05, 0.1) is 24.5 Å². The SMILES string of the molecule is Cc1ccc2c(c1)N(S(C)(=O)=O)C[C@H](C(=O)N[C@H](C)c1ccccc1)O2. The van der Waals surface area contributed by atoms with E-state index in [0.717, 1.165) is 17.4 Å². The van der Waals surface area contributed by atoms with E-state index in [1.165, 1.54) is 4.31 Å². The lowest BCUT2D eigenvalue weighted by molar-refractivity contribution is -0.128. The van der Waals surface area contributed by atoms with Gasteiger partial charge in [0.2, 0.25) is 10.0 Å². The molecule has 0 spiro atoms. The molecule has 1 N–H and O–H groups in total. The number of fused-ring (bicyclic) bond motifs is 1. The number of benzene rings is 2. The van der Waals surface area contributed by atoms with Crippen molar-refractivity contribution in [2.45, 2.75) is 26.0 Å². The zero-order valence-corrected chi connectivity index (χ0v) is 15.8. The second-order valence-electron chi connectivity index (χ2n) is 6.51. The van der Waals surface area contributed by atoms with Crippen LogP contribution in [-0.4, -0.2) is 33.2 Å². The number of nitrogens with zero attached hydrogens (tertiary/aromatic N) is 1. The number of hydrogen-bond donors (Lipinski definition) is 1. The van der Waals surface area contributed by atoms with Gasteiger partial charge in [-0.1, -0.05) is 36.4 Å². The molecule has 1 aliphatic heterocycles. The second-order valence-corrected chi connectivity index (χ2v) is 8.42. The summed E-state index contributed by atoms with van der Waals surface area (Å²) in [5, 5.41) is 2.89. The zero-order valence-electron chi connectivity index (χ0n) is 15.0. The highest BCUT2D eigenvalue weighted by Crippen LogP contribution is 2.35. The number of ether oxygens (including phenoxy) is 1. The average molecular weight is 374 g/mol. The van der Waals surface area contributed by atoms with Crippen LogP contribution >= 0.6 is 0 Å². The van der Waals surface area contributed by atoms with Gasteiger partial charge in [-0.25, -0.2) is 8.42 Å². The fraction of sp³-hybridized carbons (Fsp3) is 0.316. The summed E-state index contributed by atoms with van der Waals surface area (Å²) >= 11 is 0. The Kier molecular flexibility index (Phi) is 4.91. The van der Waals surface area contributed by atoms with E-state index in [-0.39, 0.29) is 18.5 Å². The van der Waals surface area contributed by atoms with Crippen LogP contribution < -0.4 is 14.4 Å². The van der Waals surface area contributed by atoms with Crippen molar-refractivity contribution in [3.05, 3.63) is 59.7 Å². The van der Waals surface area contributed by atoms with Crippen molar-refractivity contribution in [1.82, 2.24) is 5.32 Å². The number of carbonyl (C=O) groups is 1. The molecule has 0 fully saturated rings. The molecule has 0 bridgehead atoms. The molecule has 0 saturated carbocycles. The molecule has 0 radical (unpaired) electrons. The molecule has 1 heterocycles. The Morgan fingerprint density at radius 1 is 1.23 bits per heavy atom. The largest absolute Gasteiger partial charge is 0.476 e. The van der Waals surface area contributed by atoms with Crippen molar-refractivity contribution in [2.24, 2.45) is 0 Å². The third-order valence-corrected chi connectivity index (χ3v) is 5.48. The molecule has 3 rings (SSSR count). The van der Waals surface area contributed by atoms with Crippen LogP contribution in [0.1, 0.15) is 24.1 Å². The van der Waals surface area contributed by atoms with E-state index in [0.29, 0.717) is 11.4 Å². The Balaban J connectivity index is 1.83. The maximum absolute atomic E-state index is 12.7. The number of amides is 1. The first-order valence-corrected chi connectivity index (χ1v) is 10.2. The number of rotatable bonds is 4. The minimum Gasteiger partial charge on any atom is -0.476 e. The summed E-state index contributed by atoms with van der Waals surface area (Å²) in [7, 11) is -3.53. The van der Waals surface area contributed by atoms with E-state index in [1.54, 1.807) is 12.1 Å². The Labute approximate surface area is 153 Å². The molecule has 6 nitrogen and oxygen atoms in total. The summed E-state index contributed by atoms with van der Waals surface area (Å²) in [6.07, 6.45) is 0.220. The highest BCUT2D eigenvalue weighted by molar-refractivity contribution is 7.92. The zero-order chi connectivity index (χ0) is 18.9. The van der Waals surface area contributed by atoms with E-state index in [1.807, 2.05) is 50.2 Å². The van der Waals surface area contributed by atoms with Gasteiger partial charge in [0.15, 0.2) is 6.10 Å². The van der Waals surface area contributed by atoms with E-state index in [4.69, 9.17) is 4.74 Å². The fourth-order valence-electron chi connectivity index (χ4n) is 2.94. The van der Waals surface area contributed by atoms with Gasteiger partial charge < -0.3 is 10.1 Å². The van der Waals surface area contributed by atoms with E-state index >= 15 is 0 Å². The van der Waals surface area contributed by atoms with Crippen LogP contribution in [0.25, 0.3) is 0 Å². The van der Waals surface area contributed by atoms with Crippen LogP contribution in [0.5, 0.6) is 5.75 Å². The van der Waals surface area contributed by atoms with E-state index in [2.05, 4.69) is 5.32 Å². The maximum atomic E-state index is 12.7. The molecule has 26 heavy (non-hydrogen) atoms. The number of anilines is 1. The Morgan fingerprint density at radius 2 is 1.92 bits per heavy atom. The highest BCUT2D eigenvalue weighted by atomic mass is 32.2. The fourth-order valence-corrected chi connectivity index (χ4v) is 3.85. The van der Waals surface area contributed by atoms with Crippen LogP contribution in [0.2, 0.25) is 0 Å². The third kappa shape index (κ3) is 3.83. The first kappa shape index (κ1) is 18.3. The molecule has 0 aliphatic carbocycles. The predicted octanol–water partition coefficient (Wildman–Crippen LogP) is 2.40. The lowest BCUT2D eigenvalue weighted by Crippen LogP contribution is -2.50. The summed E-state index contributed by atoms with van der Waals surface area (Å²) in [4.78, 5) is 12.7. The molecule has 1 aliphatic rings. The molecule has 0 aromatic heterocycles. The van der Waals surface area contributed by atoms with Crippen molar-refractivity contribution < 1.29 is 17.9 Å². The van der Waals surface area contributed by atoms with Crippen LogP contribution in [0.3, 0.4) is 0 Å². The van der Waals surface area contributed by atoms with Gasteiger partial charge in [-0.2, -0.15) is 0 Å². The average Bonchev–Trinajstić information content (AvgIpc) is 2.60. The molecular formula is C19H22N2O4S. The molecule has 138 valence electrons. The van der Waals surface area contributed by atoms with Crippen molar-refractivity contribution in [3.63, 3.8) is 0 Å². The lowest BCUT2D eigenvalue weighted by Gasteiger charge is -2.34. The minimum atomic E-state index is -3.53. The van der Waals surface area contributed by atoms with Crippen LogP contribution in [0.4, 0.5) is 5.69 Å².